The molecule has 126 valence electrons. The monoisotopic (exact) mass is 343 g/mol. The molecule has 24 heavy (non-hydrogen) atoms. The van der Waals surface area contributed by atoms with E-state index in [0.717, 1.165) is 16.8 Å². The zero-order chi connectivity index (χ0) is 17.1. The van der Waals surface area contributed by atoms with Gasteiger partial charge in [0.15, 0.2) is 0 Å². The number of piperazine rings is 1. The number of nitrogens with one attached hydrogen (secondary N) is 1. The Morgan fingerprint density at radius 3 is 2.42 bits per heavy atom. The van der Waals surface area contributed by atoms with Gasteiger partial charge in [-0.25, -0.2) is 4.79 Å². The maximum absolute atomic E-state index is 12.5. The number of carbonyl (C=O) groups excluding carboxylic acids is 2. The fourth-order valence-electron chi connectivity index (χ4n) is 2.77. The number of urea groups is 1. The molecule has 2 aromatic rings. The molecule has 0 spiro atoms. The van der Waals surface area contributed by atoms with E-state index in [1.54, 1.807) is 28.1 Å². The lowest BCUT2D eigenvalue weighted by molar-refractivity contribution is -0.130. The van der Waals surface area contributed by atoms with Crippen molar-refractivity contribution in [2.24, 2.45) is 0 Å². The predicted molar refractivity (Wildman–Crippen MR) is 97.3 cm³/mol. The Morgan fingerprint density at radius 2 is 1.79 bits per heavy atom. The van der Waals surface area contributed by atoms with Crippen LogP contribution in [-0.4, -0.2) is 47.9 Å². The van der Waals surface area contributed by atoms with E-state index in [-0.39, 0.29) is 11.9 Å². The van der Waals surface area contributed by atoms with Gasteiger partial charge in [-0.1, -0.05) is 18.2 Å². The van der Waals surface area contributed by atoms with Crippen molar-refractivity contribution < 1.29 is 9.59 Å². The molecule has 0 bridgehead atoms. The number of amides is 3. The van der Waals surface area contributed by atoms with E-state index in [9.17, 15) is 9.59 Å². The molecule has 0 radical (unpaired) electrons. The number of carbonyl (C=O) groups is 2. The predicted octanol–water partition coefficient (Wildman–Crippen LogP) is 3.42. The van der Waals surface area contributed by atoms with Gasteiger partial charge in [-0.15, -0.1) is 11.3 Å². The lowest BCUT2D eigenvalue weighted by Crippen LogP contribution is -2.51. The maximum Gasteiger partial charge on any atom is 0.321 e. The molecule has 1 aromatic carbocycles. The highest BCUT2D eigenvalue weighted by Crippen LogP contribution is 2.29. The molecule has 0 saturated carbocycles. The molecule has 1 fully saturated rings. The first-order chi connectivity index (χ1) is 11.5. The van der Waals surface area contributed by atoms with Crippen LogP contribution in [0.4, 0.5) is 10.5 Å². The van der Waals surface area contributed by atoms with Gasteiger partial charge in [0.25, 0.3) is 0 Å². The van der Waals surface area contributed by atoms with Gasteiger partial charge < -0.3 is 15.1 Å². The summed E-state index contributed by atoms with van der Waals surface area (Å²) in [5.41, 5.74) is 2.97. The average molecular weight is 343 g/mol. The van der Waals surface area contributed by atoms with Crippen LogP contribution >= 0.6 is 11.3 Å². The Hall–Kier alpha value is -2.34. The van der Waals surface area contributed by atoms with E-state index in [1.165, 1.54) is 4.88 Å². The highest BCUT2D eigenvalue weighted by atomic mass is 32.1. The van der Waals surface area contributed by atoms with Crippen molar-refractivity contribution >= 4 is 29.0 Å². The molecule has 6 heteroatoms. The third kappa shape index (κ3) is 3.59. The first-order valence-electron chi connectivity index (χ1n) is 8.00. The van der Waals surface area contributed by atoms with Crippen LogP contribution in [0.25, 0.3) is 10.4 Å². The second-order valence-corrected chi connectivity index (χ2v) is 6.88. The summed E-state index contributed by atoms with van der Waals surface area (Å²) in [5.74, 6) is 0.0644. The SMILES string of the molecule is CC(=O)N1CCN(C(=O)Nc2cc(-c3cccs3)ccc2C)CC1. The number of benzene rings is 1. The van der Waals surface area contributed by atoms with Gasteiger partial charge >= 0.3 is 6.03 Å². The minimum atomic E-state index is -0.107. The van der Waals surface area contributed by atoms with Crippen LogP contribution in [0.15, 0.2) is 35.7 Å². The first kappa shape index (κ1) is 16.5. The summed E-state index contributed by atoms with van der Waals surface area (Å²) in [7, 11) is 0. The van der Waals surface area contributed by atoms with Gasteiger partial charge in [-0.3, -0.25) is 4.79 Å². The molecule has 1 N–H and O–H groups in total. The maximum atomic E-state index is 12.5. The van der Waals surface area contributed by atoms with Crippen molar-refractivity contribution in [1.29, 1.82) is 0 Å². The summed E-state index contributed by atoms with van der Waals surface area (Å²) in [5, 5.41) is 5.06. The third-order valence-electron chi connectivity index (χ3n) is 4.30. The smallest absolute Gasteiger partial charge is 0.321 e. The Morgan fingerprint density at radius 1 is 1.08 bits per heavy atom. The largest absolute Gasteiger partial charge is 0.339 e. The van der Waals surface area contributed by atoms with Crippen LogP contribution in [0.1, 0.15) is 12.5 Å². The average Bonchev–Trinajstić information content (AvgIpc) is 3.11. The van der Waals surface area contributed by atoms with Crippen LogP contribution in [0, 0.1) is 6.92 Å². The molecule has 2 heterocycles. The molecule has 0 aliphatic carbocycles. The molecule has 0 unspecified atom stereocenters. The van der Waals surface area contributed by atoms with Crippen LogP contribution < -0.4 is 5.32 Å². The summed E-state index contributed by atoms with van der Waals surface area (Å²) in [4.78, 5) is 28.6. The Balaban J connectivity index is 1.68. The third-order valence-corrected chi connectivity index (χ3v) is 5.22. The number of hydrogen-bond donors (Lipinski definition) is 1. The molecular formula is C18H21N3O2S. The van der Waals surface area contributed by atoms with Crippen LogP contribution in [0.5, 0.6) is 0 Å². The van der Waals surface area contributed by atoms with E-state index in [0.29, 0.717) is 26.2 Å². The van der Waals surface area contributed by atoms with E-state index in [4.69, 9.17) is 0 Å². The number of nitrogens with zero attached hydrogens (tertiary/aromatic N) is 2. The molecule has 1 aliphatic heterocycles. The zero-order valence-electron chi connectivity index (χ0n) is 13.9. The summed E-state index contributed by atoms with van der Waals surface area (Å²) >= 11 is 1.68. The first-order valence-corrected chi connectivity index (χ1v) is 8.88. The molecule has 0 atom stereocenters. The summed E-state index contributed by atoms with van der Waals surface area (Å²) in [6, 6.07) is 10.1. The lowest BCUT2D eigenvalue weighted by atomic mass is 10.1. The number of aryl methyl sites for hydroxylation is 1. The second kappa shape index (κ2) is 7.05. The van der Waals surface area contributed by atoms with Gasteiger partial charge in [-0.05, 0) is 35.6 Å². The molecule has 1 aliphatic rings. The summed E-state index contributed by atoms with van der Waals surface area (Å²) in [6.07, 6.45) is 0. The van der Waals surface area contributed by atoms with Crippen molar-refractivity contribution in [3.8, 4) is 10.4 Å². The Bertz CT molecular complexity index is 735. The molecular weight excluding hydrogens is 322 g/mol. The Kier molecular flexibility index (Phi) is 4.85. The highest BCUT2D eigenvalue weighted by Gasteiger charge is 2.22. The number of anilines is 1. The van der Waals surface area contributed by atoms with Crippen molar-refractivity contribution in [2.45, 2.75) is 13.8 Å². The molecule has 1 aromatic heterocycles. The number of hydrogen-bond acceptors (Lipinski definition) is 3. The molecule has 1 saturated heterocycles. The van der Waals surface area contributed by atoms with Crippen molar-refractivity contribution in [3.05, 3.63) is 41.3 Å². The quantitative estimate of drug-likeness (QED) is 0.908. The van der Waals surface area contributed by atoms with Crippen LogP contribution in [-0.2, 0) is 4.79 Å². The van der Waals surface area contributed by atoms with Gasteiger partial charge in [0.1, 0.15) is 0 Å². The van der Waals surface area contributed by atoms with Gasteiger partial charge in [0.05, 0.1) is 0 Å². The van der Waals surface area contributed by atoms with Gasteiger partial charge in [-0.2, -0.15) is 0 Å². The topological polar surface area (TPSA) is 52.7 Å². The molecule has 3 rings (SSSR count). The van der Waals surface area contributed by atoms with E-state index < -0.39 is 0 Å². The van der Waals surface area contributed by atoms with Crippen LogP contribution in [0.2, 0.25) is 0 Å². The van der Waals surface area contributed by atoms with Crippen molar-refractivity contribution in [2.75, 3.05) is 31.5 Å². The van der Waals surface area contributed by atoms with E-state index in [2.05, 4.69) is 17.4 Å². The fourth-order valence-corrected chi connectivity index (χ4v) is 3.50. The highest BCUT2D eigenvalue weighted by molar-refractivity contribution is 7.13. The summed E-state index contributed by atoms with van der Waals surface area (Å²) < 4.78 is 0. The minimum Gasteiger partial charge on any atom is -0.339 e. The Labute approximate surface area is 145 Å². The van der Waals surface area contributed by atoms with E-state index in [1.807, 2.05) is 30.5 Å². The standard InChI is InChI=1S/C18H21N3O2S/c1-13-5-6-15(17-4-3-11-24-17)12-16(13)19-18(23)21-9-7-20(8-10-21)14(2)22/h3-6,11-12H,7-10H2,1-2H3,(H,19,23). The molecule has 3 amide bonds. The number of rotatable bonds is 2. The fraction of sp³-hybridized carbons (Fsp3) is 0.333. The van der Waals surface area contributed by atoms with Gasteiger partial charge in [0, 0.05) is 43.7 Å². The van der Waals surface area contributed by atoms with E-state index >= 15 is 0 Å². The van der Waals surface area contributed by atoms with Crippen molar-refractivity contribution in [1.82, 2.24) is 9.80 Å². The summed E-state index contributed by atoms with van der Waals surface area (Å²) in [6.45, 7) is 5.87. The van der Waals surface area contributed by atoms with Gasteiger partial charge in [0.2, 0.25) is 5.91 Å². The zero-order valence-corrected chi connectivity index (χ0v) is 14.7. The number of thiophene rings is 1. The van der Waals surface area contributed by atoms with Crippen LogP contribution in [0.3, 0.4) is 0 Å². The second-order valence-electron chi connectivity index (χ2n) is 5.93. The minimum absolute atomic E-state index is 0.0644. The lowest BCUT2D eigenvalue weighted by Gasteiger charge is -2.34. The molecule has 5 nitrogen and oxygen atoms in total. The van der Waals surface area contributed by atoms with Crippen molar-refractivity contribution in [3.63, 3.8) is 0 Å². The normalized spacial score (nSPS) is 14.6.